The number of rotatable bonds is 8. The molecule has 0 saturated carbocycles. The molecule has 168 valence electrons. The lowest BCUT2D eigenvalue weighted by atomic mass is 10.1. The molecule has 0 saturated heterocycles. The minimum absolute atomic E-state index is 0. The van der Waals surface area contributed by atoms with Crippen molar-refractivity contribution in [3.63, 3.8) is 0 Å². The Bertz CT molecular complexity index is 1010. The molecule has 0 bridgehead atoms. The van der Waals surface area contributed by atoms with Crippen LogP contribution in [-0.4, -0.2) is 57.2 Å². The molecule has 0 aliphatic carbocycles. The second kappa shape index (κ2) is 10.8. The number of anilines is 1. The highest BCUT2D eigenvalue weighted by Gasteiger charge is 2.25. The van der Waals surface area contributed by atoms with Gasteiger partial charge in [-0.3, -0.25) is 9.69 Å². The zero-order valence-corrected chi connectivity index (χ0v) is 20.5. The van der Waals surface area contributed by atoms with E-state index in [0.29, 0.717) is 28.7 Å². The van der Waals surface area contributed by atoms with Crippen molar-refractivity contribution in [3.05, 3.63) is 47.0 Å². The summed E-state index contributed by atoms with van der Waals surface area (Å²) in [5, 5.41) is 0.698. The number of carbonyl (C=O) groups excluding carboxylic acids is 1. The van der Waals surface area contributed by atoms with Crippen molar-refractivity contribution in [2.75, 3.05) is 46.3 Å². The number of hydrogen-bond donors (Lipinski definition) is 0. The number of ether oxygens (including phenoxy) is 2. The van der Waals surface area contributed by atoms with Crippen molar-refractivity contribution < 1.29 is 14.3 Å². The Morgan fingerprint density at radius 2 is 1.77 bits per heavy atom. The van der Waals surface area contributed by atoms with E-state index in [1.807, 2.05) is 14.1 Å². The van der Waals surface area contributed by atoms with E-state index in [1.54, 1.807) is 48.7 Å². The van der Waals surface area contributed by atoms with Crippen LogP contribution in [0, 0.1) is 13.8 Å². The molecule has 0 aliphatic heterocycles. The lowest BCUT2D eigenvalue weighted by molar-refractivity contribution is 0.0982. The Morgan fingerprint density at radius 3 is 2.42 bits per heavy atom. The van der Waals surface area contributed by atoms with Crippen LogP contribution in [0.15, 0.2) is 30.3 Å². The highest BCUT2D eigenvalue weighted by atomic mass is 35.5. The number of aromatic nitrogens is 1. The van der Waals surface area contributed by atoms with Crippen molar-refractivity contribution in [1.29, 1.82) is 0 Å². The van der Waals surface area contributed by atoms with Gasteiger partial charge in [-0.15, -0.1) is 12.4 Å². The number of benzene rings is 2. The number of para-hydroxylation sites is 1. The monoisotopic (exact) mass is 463 g/mol. The number of aryl methyl sites for hydroxylation is 2. The highest BCUT2D eigenvalue weighted by Crippen LogP contribution is 2.35. The summed E-state index contributed by atoms with van der Waals surface area (Å²) in [5.41, 5.74) is 3.80. The normalized spacial score (nSPS) is 10.8. The Morgan fingerprint density at radius 1 is 1.06 bits per heavy atom. The number of hydrogen-bond acceptors (Lipinski definition) is 6. The fourth-order valence-electron chi connectivity index (χ4n) is 3.31. The molecule has 0 atom stereocenters. The lowest BCUT2D eigenvalue weighted by Gasteiger charge is -2.22. The number of amides is 1. The molecule has 0 spiro atoms. The molecular formula is C23H30ClN3O3S. The summed E-state index contributed by atoms with van der Waals surface area (Å²) in [7, 11) is 7.18. The van der Waals surface area contributed by atoms with Crippen LogP contribution < -0.4 is 14.4 Å². The van der Waals surface area contributed by atoms with Gasteiger partial charge in [-0.1, -0.05) is 17.4 Å². The van der Waals surface area contributed by atoms with E-state index in [4.69, 9.17) is 14.5 Å². The van der Waals surface area contributed by atoms with Crippen LogP contribution in [0.25, 0.3) is 10.2 Å². The SMILES string of the molecule is COc1cccc(C(=O)N(CCCN(C)C)c2nc3cc(C)c(C)cc3s2)c1OC.Cl. The van der Waals surface area contributed by atoms with Gasteiger partial charge in [0.2, 0.25) is 0 Å². The van der Waals surface area contributed by atoms with E-state index in [2.05, 4.69) is 30.9 Å². The summed E-state index contributed by atoms with van der Waals surface area (Å²) in [6.07, 6.45) is 0.832. The smallest absolute Gasteiger partial charge is 0.263 e. The first-order valence-corrected chi connectivity index (χ1v) is 10.7. The standard InChI is InChI=1S/C23H29N3O3S.ClH/c1-15-13-18-20(14-16(15)2)30-23(24-18)26(12-8-11-25(3)4)22(27)17-9-7-10-19(28-5)21(17)29-6;/h7,9-10,13-14H,8,11-12H2,1-6H3;1H. The molecule has 3 rings (SSSR count). The van der Waals surface area contributed by atoms with Crippen LogP contribution in [0.2, 0.25) is 0 Å². The fraction of sp³-hybridized carbons (Fsp3) is 0.391. The quantitative estimate of drug-likeness (QED) is 0.473. The fourth-order valence-corrected chi connectivity index (χ4v) is 4.38. The molecule has 0 fully saturated rings. The van der Waals surface area contributed by atoms with E-state index in [9.17, 15) is 4.79 Å². The molecule has 3 aromatic rings. The second-order valence-electron chi connectivity index (χ2n) is 7.56. The lowest BCUT2D eigenvalue weighted by Crippen LogP contribution is -2.33. The van der Waals surface area contributed by atoms with Gasteiger partial charge in [0.1, 0.15) is 0 Å². The first-order chi connectivity index (χ1) is 14.3. The average molecular weight is 464 g/mol. The zero-order valence-electron chi connectivity index (χ0n) is 18.9. The average Bonchev–Trinajstić information content (AvgIpc) is 3.12. The largest absolute Gasteiger partial charge is 0.493 e. The van der Waals surface area contributed by atoms with E-state index < -0.39 is 0 Å². The molecule has 1 heterocycles. The molecule has 6 nitrogen and oxygen atoms in total. The Balaban J connectivity index is 0.00000341. The molecule has 0 unspecified atom stereocenters. The Labute approximate surface area is 194 Å². The molecule has 0 radical (unpaired) electrons. The minimum Gasteiger partial charge on any atom is -0.493 e. The summed E-state index contributed by atoms with van der Waals surface area (Å²) in [6, 6.07) is 9.58. The molecule has 1 aromatic heterocycles. The van der Waals surface area contributed by atoms with Gasteiger partial charge in [0.15, 0.2) is 16.6 Å². The van der Waals surface area contributed by atoms with Crippen LogP contribution >= 0.6 is 23.7 Å². The first kappa shape index (κ1) is 24.9. The molecular weight excluding hydrogens is 434 g/mol. The van der Waals surface area contributed by atoms with E-state index >= 15 is 0 Å². The van der Waals surface area contributed by atoms with E-state index in [1.165, 1.54) is 11.1 Å². The van der Waals surface area contributed by atoms with Gasteiger partial charge in [-0.25, -0.2) is 4.98 Å². The number of carbonyl (C=O) groups is 1. The minimum atomic E-state index is -0.142. The van der Waals surface area contributed by atoms with Gasteiger partial charge >= 0.3 is 0 Å². The van der Waals surface area contributed by atoms with Crippen molar-refractivity contribution in [2.24, 2.45) is 0 Å². The summed E-state index contributed by atoms with van der Waals surface area (Å²) in [4.78, 5) is 22.3. The van der Waals surface area contributed by atoms with Gasteiger partial charge in [-0.05, 0) is 76.3 Å². The van der Waals surface area contributed by atoms with Gasteiger partial charge in [0.05, 0.1) is 30.0 Å². The summed E-state index contributed by atoms with van der Waals surface area (Å²) >= 11 is 1.54. The molecule has 0 N–H and O–H groups in total. The van der Waals surface area contributed by atoms with Gasteiger partial charge < -0.3 is 14.4 Å². The number of nitrogens with zero attached hydrogens (tertiary/aromatic N) is 3. The third kappa shape index (κ3) is 5.47. The van der Waals surface area contributed by atoms with Crippen molar-refractivity contribution in [3.8, 4) is 11.5 Å². The predicted octanol–water partition coefficient (Wildman–Crippen LogP) is 4.95. The van der Waals surface area contributed by atoms with Gasteiger partial charge in [0.25, 0.3) is 5.91 Å². The van der Waals surface area contributed by atoms with Crippen molar-refractivity contribution in [2.45, 2.75) is 20.3 Å². The highest BCUT2D eigenvalue weighted by molar-refractivity contribution is 7.22. The van der Waals surface area contributed by atoms with Crippen LogP contribution in [0.4, 0.5) is 5.13 Å². The molecule has 31 heavy (non-hydrogen) atoms. The third-order valence-corrected chi connectivity index (χ3v) is 6.13. The van der Waals surface area contributed by atoms with Crippen LogP contribution in [0.1, 0.15) is 27.9 Å². The zero-order chi connectivity index (χ0) is 21.8. The van der Waals surface area contributed by atoms with E-state index in [-0.39, 0.29) is 18.3 Å². The number of fused-ring (bicyclic) bond motifs is 1. The number of methoxy groups -OCH3 is 2. The topological polar surface area (TPSA) is 54.9 Å². The summed E-state index contributed by atoms with van der Waals surface area (Å²) in [5.74, 6) is 0.833. The van der Waals surface area contributed by atoms with Crippen LogP contribution in [0.5, 0.6) is 11.5 Å². The van der Waals surface area contributed by atoms with Gasteiger partial charge in [0, 0.05) is 6.54 Å². The molecule has 0 aliphatic rings. The summed E-state index contributed by atoms with van der Waals surface area (Å²) in [6.45, 7) is 5.61. The van der Waals surface area contributed by atoms with Crippen molar-refractivity contribution >= 4 is 45.0 Å². The first-order valence-electron chi connectivity index (χ1n) is 9.91. The van der Waals surface area contributed by atoms with E-state index in [0.717, 1.165) is 23.2 Å². The third-order valence-electron chi connectivity index (χ3n) is 5.09. The Kier molecular flexibility index (Phi) is 8.68. The maximum atomic E-state index is 13.6. The van der Waals surface area contributed by atoms with Crippen molar-refractivity contribution in [1.82, 2.24) is 9.88 Å². The maximum Gasteiger partial charge on any atom is 0.263 e. The molecule has 1 amide bonds. The van der Waals surface area contributed by atoms with Gasteiger partial charge in [-0.2, -0.15) is 0 Å². The summed E-state index contributed by atoms with van der Waals surface area (Å²) < 4.78 is 12.0. The maximum absolute atomic E-state index is 13.6. The number of halogens is 1. The second-order valence-corrected chi connectivity index (χ2v) is 8.56. The number of thiazole rings is 1. The van der Waals surface area contributed by atoms with Crippen LogP contribution in [0.3, 0.4) is 0 Å². The van der Waals surface area contributed by atoms with Crippen LogP contribution in [-0.2, 0) is 0 Å². The molecule has 8 heteroatoms. The predicted molar refractivity (Wildman–Crippen MR) is 131 cm³/mol. The Hall–Kier alpha value is -2.35. The molecule has 2 aromatic carbocycles.